The number of rotatable bonds is 10. The van der Waals surface area contributed by atoms with Gasteiger partial charge in [0.1, 0.15) is 5.75 Å². The lowest BCUT2D eigenvalue weighted by Gasteiger charge is -2.21. The first-order valence-corrected chi connectivity index (χ1v) is 30.6. The van der Waals surface area contributed by atoms with Crippen LogP contribution in [0.15, 0.2) is 109 Å². The highest BCUT2D eigenvalue weighted by molar-refractivity contribution is 6.31. The van der Waals surface area contributed by atoms with Crippen LogP contribution in [0, 0.1) is 0 Å². The van der Waals surface area contributed by atoms with Crippen LogP contribution in [0.1, 0.15) is 251 Å². The van der Waals surface area contributed by atoms with Crippen LogP contribution in [0.5, 0.6) is 5.75 Å². The first-order chi connectivity index (χ1) is 40.6. The molecule has 0 aliphatic rings. The standard InChI is InChI=1S/C13H19Cl.C13H17F3.C12H17Cl.C11H12ClF3O.C11H10F6.C10H10ClF3/c1-9(2)10-6-11(13(3,4)5)8-12(14)7-10;1-8(2)10-5-11(9(3)4)7-12(6-10)13(14,15)16;1-8(2)10-5-11(9(3)4)7-12(13)6-10;1-7(2)8-3-9(12)5-10(4-8)16-6-11(13,14)15;1-6(2)7-3-8(10(12,13)14)5-9(4-7)11(15,16)17;1-6(2)7-3-8(10(12,13)14)5-9(11)4-7/h6-9H,1-5H3;5-9H,1-4H3;5-9H,1-4H3;3-5,7H,6H2,1-2H3;3-6H,1-2H3;3-6H,1-2H3. The Balaban J connectivity index is 0.000000541. The zero-order valence-electron chi connectivity index (χ0n) is 54.3. The van der Waals surface area contributed by atoms with Crippen LogP contribution >= 0.6 is 46.4 Å². The maximum absolute atomic E-state index is 12.7. The van der Waals surface area contributed by atoms with Crippen molar-refractivity contribution in [3.63, 3.8) is 0 Å². The van der Waals surface area contributed by atoms with Gasteiger partial charge in [-0.2, -0.15) is 65.9 Å². The first-order valence-electron chi connectivity index (χ1n) is 29.1. The van der Waals surface area contributed by atoms with Gasteiger partial charge in [0.15, 0.2) is 6.61 Å². The molecule has 0 heterocycles. The summed E-state index contributed by atoms with van der Waals surface area (Å²) in [4.78, 5) is 0. The Morgan fingerprint density at radius 2 is 0.467 bits per heavy atom. The van der Waals surface area contributed by atoms with E-state index < -0.39 is 65.7 Å². The molecule has 90 heavy (non-hydrogen) atoms. The third kappa shape index (κ3) is 30.8. The summed E-state index contributed by atoms with van der Waals surface area (Å²) < 4.78 is 190. The number of benzene rings is 6. The van der Waals surface area contributed by atoms with Crippen LogP contribution in [0.3, 0.4) is 0 Å². The molecule has 1 nitrogen and oxygen atoms in total. The van der Waals surface area contributed by atoms with Crippen LogP contribution in [-0.2, 0) is 30.1 Å². The van der Waals surface area contributed by atoms with Crippen molar-refractivity contribution < 1.29 is 70.6 Å². The van der Waals surface area contributed by atoms with Gasteiger partial charge in [0.05, 0.1) is 22.3 Å². The van der Waals surface area contributed by atoms with Crippen molar-refractivity contribution in [2.24, 2.45) is 0 Å². The summed E-state index contributed by atoms with van der Waals surface area (Å²) in [5.41, 5.74) is 4.68. The van der Waals surface area contributed by atoms with E-state index in [9.17, 15) is 65.9 Å². The molecule has 0 spiro atoms. The second-order valence-corrected chi connectivity index (χ2v) is 26.9. The topological polar surface area (TPSA) is 9.23 Å². The van der Waals surface area contributed by atoms with E-state index in [1.54, 1.807) is 18.2 Å². The summed E-state index contributed by atoms with van der Waals surface area (Å²) in [5, 5.41) is 2.21. The quantitative estimate of drug-likeness (QED) is 0.124. The van der Waals surface area contributed by atoms with Gasteiger partial charge >= 0.3 is 30.9 Å². The average molecular weight is 1370 g/mol. The minimum Gasteiger partial charge on any atom is -0.484 e. The smallest absolute Gasteiger partial charge is 0.422 e. The molecule has 0 atom stereocenters. The Bertz CT molecular complexity index is 3010. The van der Waals surface area contributed by atoms with Crippen LogP contribution in [0.2, 0.25) is 20.1 Å². The molecule has 0 aliphatic heterocycles. The van der Waals surface area contributed by atoms with E-state index in [-0.39, 0.29) is 51.5 Å². The highest BCUT2D eigenvalue weighted by atomic mass is 35.5. The largest absolute Gasteiger partial charge is 0.484 e. The minimum atomic E-state index is -4.77. The van der Waals surface area contributed by atoms with Crippen LogP contribution in [0.25, 0.3) is 0 Å². The Morgan fingerprint density at radius 1 is 0.267 bits per heavy atom. The van der Waals surface area contributed by atoms with Crippen molar-refractivity contribution in [1.29, 1.82) is 0 Å². The van der Waals surface area contributed by atoms with Gasteiger partial charge in [0.25, 0.3) is 0 Å². The van der Waals surface area contributed by atoms with Gasteiger partial charge in [-0.05, 0) is 194 Å². The Morgan fingerprint density at radius 3 is 0.733 bits per heavy atom. The summed E-state index contributed by atoms with van der Waals surface area (Å²) in [5.74, 6) is 1.83. The SMILES string of the molecule is CC(C)c1cc(C(C)C)cc(C(F)(F)F)c1.CC(C)c1cc(C(F)(F)F)cc(C(F)(F)F)c1.CC(C)c1cc(Cl)cc(C(C)(C)C)c1.CC(C)c1cc(Cl)cc(C(C)C)c1.CC(C)c1cc(Cl)cc(C(F)(F)F)c1.CC(C)c1cc(Cl)cc(OCC(F)(F)F)c1. The van der Waals surface area contributed by atoms with Gasteiger partial charge in [0, 0.05) is 20.1 Å². The number of hydrogen-bond acceptors (Lipinski definition) is 1. The molecule has 0 unspecified atom stereocenters. The normalized spacial score (nSPS) is 12.3. The van der Waals surface area contributed by atoms with Crippen molar-refractivity contribution in [2.45, 2.75) is 215 Å². The third-order valence-corrected chi connectivity index (χ3v) is 14.4. The summed E-state index contributed by atoms with van der Waals surface area (Å²) in [6.07, 6.45) is -22.5. The molecular weight excluding hydrogens is 1280 g/mol. The van der Waals surface area contributed by atoms with Gasteiger partial charge in [-0.1, -0.05) is 196 Å². The number of alkyl halides is 15. The summed E-state index contributed by atoms with van der Waals surface area (Å²) in [6, 6.07) is 27.0. The van der Waals surface area contributed by atoms with Gasteiger partial charge in [0.2, 0.25) is 0 Å². The molecule has 0 N–H and O–H groups in total. The van der Waals surface area contributed by atoms with E-state index in [2.05, 4.69) is 103 Å². The fraction of sp³-hybridized carbons (Fsp3) is 0.486. The Labute approximate surface area is 543 Å². The zero-order valence-corrected chi connectivity index (χ0v) is 57.3. The van der Waals surface area contributed by atoms with Crippen molar-refractivity contribution >= 4 is 46.4 Å². The van der Waals surface area contributed by atoms with Crippen molar-refractivity contribution in [1.82, 2.24) is 0 Å². The molecule has 0 amide bonds. The highest BCUT2D eigenvalue weighted by Crippen LogP contribution is 2.39. The molecule has 6 rings (SSSR count). The molecule has 20 heteroatoms. The first kappa shape index (κ1) is 83.2. The molecule has 0 radical (unpaired) electrons. The van der Waals surface area contributed by atoms with E-state index >= 15 is 0 Å². The number of ether oxygens (including phenoxy) is 1. The number of hydrogen-bond donors (Lipinski definition) is 0. The Kier molecular flexibility index (Phi) is 32.3. The molecule has 504 valence electrons. The van der Waals surface area contributed by atoms with Gasteiger partial charge in [-0.15, -0.1) is 0 Å². The Hall–Kier alpha value is -4.77. The summed E-state index contributed by atoms with van der Waals surface area (Å²) in [6.45, 7) is 36.7. The van der Waals surface area contributed by atoms with Crippen LogP contribution in [-0.4, -0.2) is 12.8 Å². The van der Waals surface area contributed by atoms with E-state index in [0.717, 1.165) is 51.0 Å². The van der Waals surface area contributed by atoms with Crippen LogP contribution < -0.4 is 4.74 Å². The van der Waals surface area contributed by atoms with Gasteiger partial charge in [-0.25, -0.2) is 0 Å². The van der Waals surface area contributed by atoms with E-state index in [1.165, 1.54) is 54.3 Å². The molecule has 6 aromatic rings. The molecule has 6 aromatic carbocycles. The lowest BCUT2D eigenvalue weighted by molar-refractivity contribution is -0.153. The minimum absolute atomic E-state index is 0.0205. The number of halogens is 19. The van der Waals surface area contributed by atoms with Gasteiger partial charge < -0.3 is 4.74 Å². The van der Waals surface area contributed by atoms with Crippen molar-refractivity contribution in [3.8, 4) is 5.75 Å². The fourth-order valence-electron chi connectivity index (χ4n) is 7.78. The third-order valence-electron chi connectivity index (χ3n) is 13.5. The lowest BCUT2D eigenvalue weighted by atomic mass is 9.85. The molecule has 0 fully saturated rings. The van der Waals surface area contributed by atoms with E-state index in [4.69, 9.17) is 46.4 Å². The molecule has 0 bridgehead atoms. The second-order valence-electron chi connectivity index (χ2n) is 25.2. The summed E-state index contributed by atoms with van der Waals surface area (Å²) >= 11 is 23.5. The van der Waals surface area contributed by atoms with Gasteiger partial charge in [-0.3, -0.25) is 0 Å². The monoisotopic (exact) mass is 1370 g/mol. The maximum Gasteiger partial charge on any atom is 0.422 e. The molecule has 0 aliphatic carbocycles. The predicted molar refractivity (Wildman–Crippen MR) is 342 cm³/mol. The van der Waals surface area contributed by atoms with Crippen molar-refractivity contribution in [2.75, 3.05) is 6.61 Å². The zero-order chi connectivity index (χ0) is 70.2. The average Bonchev–Trinajstić information content (AvgIpc) is 1.11. The summed E-state index contributed by atoms with van der Waals surface area (Å²) in [7, 11) is 0. The van der Waals surface area contributed by atoms with Crippen molar-refractivity contribution in [3.05, 3.63) is 202 Å². The van der Waals surface area contributed by atoms with E-state index in [1.807, 2.05) is 61.5 Å². The molecule has 0 saturated carbocycles. The second kappa shape index (κ2) is 34.9. The molecule has 0 saturated heterocycles. The highest BCUT2D eigenvalue weighted by Gasteiger charge is 2.37. The predicted octanol–water partition coefficient (Wildman–Crippen LogP) is 28.0. The van der Waals surface area contributed by atoms with E-state index in [0.29, 0.717) is 28.3 Å². The molecule has 0 aromatic heterocycles. The lowest BCUT2D eigenvalue weighted by Crippen LogP contribution is -2.19. The van der Waals surface area contributed by atoms with Crippen LogP contribution in [0.4, 0.5) is 65.9 Å². The maximum atomic E-state index is 12.7. The fourth-order valence-corrected chi connectivity index (χ4v) is 8.75. The molecular formula is C70H85Cl4F15O.